The lowest BCUT2D eigenvalue weighted by molar-refractivity contribution is -0.116. The summed E-state index contributed by atoms with van der Waals surface area (Å²) in [6.45, 7) is -0.675. The Balaban J connectivity index is 2.30. The summed E-state index contributed by atoms with van der Waals surface area (Å²) < 4.78 is 34.7. The van der Waals surface area contributed by atoms with E-state index in [2.05, 4.69) is 14.8 Å². The normalized spacial score (nSPS) is 11.1. The van der Waals surface area contributed by atoms with Gasteiger partial charge in [-0.05, 0) is 29.8 Å². The molecular formula is C20H21ClN2O7S. The van der Waals surface area contributed by atoms with Crippen LogP contribution in [0.4, 0.5) is 5.69 Å². The van der Waals surface area contributed by atoms with Gasteiger partial charge in [-0.2, -0.15) is 4.31 Å². The van der Waals surface area contributed by atoms with Crippen LogP contribution in [0.25, 0.3) is 0 Å². The molecule has 0 aliphatic carbocycles. The summed E-state index contributed by atoms with van der Waals surface area (Å²) in [6.07, 6.45) is 0.967. The van der Waals surface area contributed by atoms with Crippen LogP contribution in [0.2, 0.25) is 5.02 Å². The molecule has 2 aromatic carbocycles. The fourth-order valence-electron chi connectivity index (χ4n) is 2.64. The third-order valence-corrected chi connectivity index (χ3v) is 5.78. The molecule has 2 aromatic rings. The van der Waals surface area contributed by atoms with Gasteiger partial charge >= 0.3 is 11.9 Å². The molecule has 0 saturated heterocycles. The van der Waals surface area contributed by atoms with Gasteiger partial charge < -0.3 is 14.8 Å². The van der Waals surface area contributed by atoms with Crippen LogP contribution in [0.15, 0.2) is 42.5 Å². The van der Waals surface area contributed by atoms with Crippen LogP contribution < -0.4 is 5.32 Å². The predicted octanol–water partition coefficient (Wildman–Crippen LogP) is 2.31. The number of esters is 2. The number of ether oxygens (including phenoxy) is 2. The fourth-order valence-corrected chi connectivity index (χ4v) is 3.56. The van der Waals surface area contributed by atoms with Crippen molar-refractivity contribution in [3.63, 3.8) is 0 Å². The Morgan fingerprint density at radius 1 is 1.03 bits per heavy atom. The number of rotatable bonds is 8. The molecule has 0 radical (unpaired) electrons. The molecule has 9 nitrogen and oxygen atoms in total. The lowest BCUT2D eigenvalue weighted by atomic mass is 10.1. The fraction of sp³-hybridized carbons (Fsp3) is 0.250. The average Bonchev–Trinajstić information content (AvgIpc) is 2.72. The smallest absolute Gasteiger partial charge is 0.339 e. The van der Waals surface area contributed by atoms with Gasteiger partial charge in [0.15, 0.2) is 0 Å². The zero-order chi connectivity index (χ0) is 23.2. The number of hydrogen-bond donors (Lipinski definition) is 1. The Morgan fingerprint density at radius 3 is 2.26 bits per heavy atom. The maximum atomic E-state index is 12.6. The molecule has 0 bridgehead atoms. The summed E-state index contributed by atoms with van der Waals surface area (Å²) in [6, 6.07) is 10.5. The summed E-state index contributed by atoms with van der Waals surface area (Å²) in [5.74, 6) is -2.16. The van der Waals surface area contributed by atoms with Gasteiger partial charge in [-0.1, -0.05) is 29.8 Å². The Bertz CT molecular complexity index is 1100. The van der Waals surface area contributed by atoms with E-state index in [-0.39, 0.29) is 23.4 Å². The van der Waals surface area contributed by atoms with Crippen molar-refractivity contribution in [2.45, 2.75) is 6.54 Å². The summed E-state index contributed by atoms with van der Waals surface area (Å²) in [5, 5.41) is 2.82. The highest BCUT2D eigenvalue weighted by Gasteiger charge is 2.23. The topological polar surface area (TPSA) is 119 Å². The van der Waals surface area contributed by atoms with E-state index in [0.29, 0.717) is 10.6 Å². The number of benzene rings is 2. The van der Waals surface area contributed by atoms with Gasteiger partial charge in [-0.3, -0.25) is 4.79 Å². The number of carbonyl (C=O) groups is 3. The Labute approximate surface area is 184 Å². The monoisotopic (exact) mass is 468 g/mol. The van der Waals surface area contributed by atoms with E-state index < -0.39 is 34.4 Å². The van der Waals surface area contributed by atoms with Crippen LogP contribution in [0.1, 0.15) is 26.3 Å². The van der Waals surface area contributed by atoms with Crippen LogP contribution in [0.3, 0.4) is 0 Å². The first-order valence-corrected chi connectivity index (χ1v) is 11.1. The zero-order valence-corrected chi connectivity index (χ0v) is 18.6. The van der Waals surface area contributed by atoms with E-state index in [1.54, 1.807) is 24.3 Å². The first kappa shape index (κ1) is 24.3. The van der Waals surface area contributed by atoms with Gasteiger partial charge in [0, 0.05) is 11.6 Å². The number of carbonyl (C=O) groups excluding carboxylic acids is 3. The Kier molecular flexibility index (Phi) is 8.14. The second-order valence-corrected chi connectivity index (χ2v) is 8.80. The molecule has 2 rings (SSSR count). The second kappa shape index (κ2) is 10.4. The number of hydrogen-bond acceptors (Lipinski definition) is 7. The van der Waals surface area contributed by atoms with Gasteiger partial charge in [0.1, 0.15) is 0 Å². The Hall–Kier alpha value is -2.95. The maximum absolute atomic E-state index is 12.6. The van der Waals surface area contributed by atoms with Gasteiger partial charge in [-0.15, -0.1) is 0 Å². The molecule has 1 N–H and O–H groups in total. The van der Waals surface area contributed by atoms with E-state index in [9.17, 15) is 22.8 Å². The first-order chi connectivity index (χ1) is 14.6. The minimum Gasteiger partial charge on any atom is -0.465 e. The predicted molar refractivity (Wildman–Crippen MR) is 114 cm³/mol. The SMILES string of the molecule is COC(=O)c1ccc(C(=O)OC)c(NC(=O)CN(Cc2ccccc2Cl)S(C)(=O)=O)c1. The minimum absolute atomic E-state index is 0.0134. The number of anilines is 1. The van der Waals surface area contributed by atoms with Crippen molar-refractivity contribution in [2.75, 3.05) is 32.3 Å². The highest BCUT2D eigenvalue weighted by atomic mass is 35.5. The second-order valence-electron chi connectivity index (χ2n) is 6.41. The molecule has 0 aliphatic rings. The third-order valence-electron chi connectivity index (χ3n) is 4.21. The molecule has 0 heterocycles. The van der Waals surface area contributed by atoms with E-state index >= 15 is 0 Å². The molecule has 0 fully saturated rings. The highest BCUT2D eigenvalue weighted by Crippen LogP contribution is 2.21. The lowest BCUT2D eigenvalue weighted by Crippen LogP contribution is -2.37. The van der Waals surface area contributed by atoms with Crippen molar-refractivity contribution in [1.29, 1.82) is 0 Å². The van der Waals surface area contributed by atoms with Crippen LogP contribution in [0, 0.1) is 0 Å². The van der Waals surface area contributed by atoms with Gasteiger partial charge in [0.2, 0.25) is 15.9 Å². The molecule has 1 amide bonds. The molecule has 0 spiro atoms. The average molecular weight is 469 g/mol. The van der Waals surface area contributed by atoms with E-state index in [4.69, 9.17) is 11.6 Å². The van der Waals surface area contributed by atoms with E-state index in [1.807, 2.05) is 0 Å². The van der Waals surface area contributed by atoms with Gasteiger partial charge in [0.05, 0.1) is 43.8 Å². The zero-order valence-electron chi connectivity index (χ0n) is 17.0. The Morgan fingerprint density at radius 2 is 1.68 bits per heavy atom. The number of nitrogens with zero attached hydrogens (tertiary/aromatic N) is 1. The summed E-state index contributed by atoms with van der Waals surface area (Å²) >= 11 is 6.10. The molecule has 0 saturated carbocycles. The highest BCUT2D eigenvalue weighted by molar-refractivity contribution is 7.88. The molecular weight excluding hydrogens is 448 g/mol. The lowest BCUT2D eigenvalue weighted by Gasteiger charge is -2.20. The van der Waals surface area contributed by atoms with Crippen molar-refractivity contribution in [2.24, 2.45) is 0 Å². The number of amides is 1. The summed E-state index contributed by atoms with van der Waals surface area (Å²) in [5.41, 5.74) is 0.568. The van der Waals surface area contributed by atoms with E-state index in [1.165, 1.54) is 25.3 Å². The molecule has 166 valence electrons. The molecule has 0 aliphatic heterocycles. The largest absolute Gasteiger partial charge is 0.465 e. The number of halogens is 1. The quantitative estimate of drug-likeness (QED) is 0.590. The van der Waals surface area contributed by atoms with Crippen molar-refractivity contribution >= 4 is 45.2 Å². The van der Waals surface area contributed by atoms with Crippen molar-refractivity contribution in [3.05, 3.63) is 64.2 Å². The minimum atomic E-state index is -3.78. The van der Waals surface area contributed by atoms with Crippen molar-refractivity contribution < 1.29 is 32.3 Å². The number of methoxy groups -OCH3 is 2. The van der Waals surface area contributed by atoms with Crippen molar-refractivity contribution in [3.8, 4) is 0 Å². The van der Waals surface area contributed by atoms with Crippen molar-refractivity contribution in [1.82, 2.24) is 4.31 Å². The molecule has 31 heavy (non-hydrogen) atoms. The summed E-state index contributed by atoms with van der Waals surface area (Å²) in [7, 11) is -1.42. The molecule has 0 atom stereocenters. The molecule has 0 aromatic heterocycles. The molecule has 11 heteroatoms. The van der Waals surface area contributed by atoms with Crippen LogP contribution in [0.5, 0.6) is 0 Å². The van der Waals surface area contributed by atoms with E-state index in [0.717, 1.165) is 17.7 Å². The van der Waals surface area contributed by atoms with Crippen LogP contribution in [-0.4, -0.2) is 57.6 Å². The number of nitrogens with one attached hydrogen (secondary N) is 1. The standard InChI is InChI=1S/C20H21ClN2O7S/c1-29-19(25)13-8-9-15(20(26)30-2)17(10-13)22-18(24)12-23(31(3,27)28)11-14-6-4-5-7-16(14)21/h4-10H,11-12H2,1-3H3,(H,22,24). The number of sulfonamides is 1. The van der Waals surface area contributed by atoms with Gasteiger partial charge in [0.25, 0.3) is 0 Å². The van der Waals surface area contributed by atoms with Crippen LogP contribution >= 0.6 is 11.6 Å². The summed E-state index contributed by atoms with van der Waals surface area (Å²) in [4.78, 5) is 36.5. The first-order valence-electron chi connectivity index (χ1n) is 8.86. The maximum Gasteiger partial charge on any atom is 0.339 e. The van der Waals surface area contributed by atoms with Gasteiger partial charge in [-0.25, -0.2) is 18.0 Å². The van der Waals surface area contributed by atoms with Crippen LogP contribution in [-0.2, 0) is 30.8 Å². The third kappa shape index (κ3) is 6.51. The molecule has 0 unspecified atom stereocenters.